The maximum Gasteiger partial charge on any atom is 0.335 e. The molecule has 2 aromatic rings. The van der Waals surface area contributed by atoms with E-state index in [9.17, 15) is 18.4 Å². The summed E-state index contributed by atoms with van der Waals surface area (Å²) in [4.78, 5) is 23.9. The molecule has 0 saturated carbocycles. The number of hydrogen-bond donors (Lipinski definition) is 4. The van der Waals surface area contributed by atoms with E-state index in [0.29, 0.717) is 17.0 Å². The third kappa shape index (κ3) is 6.52. The predicted molar refractivity (Wildman–Crippen MR) is 121 cm³/mol. The molecule has 0 aromatic heterocycles. The minimum Gasteiger partial charge on any atom is -0.478 e. The highest BCUT2D eigenvalue weighted by Crippen LogP contribution is 2.25. The SMILES string of the molecule is CCc1cc(O/C(NC)=C(/C(=N)C(F)F)C(=O)NC(C)c2ccc(C(=O)O)cc2)ccc1Cl. The van der Waals surface area contributed by atoms with E-state index in [-0.39, 0.29) is 17.2 Å². The summed E-state index contributed by atoms with van der Waals surface area (Å²) in [5.74, 6) is -2.12. The molecular weight excluding hydrogens is 456 g/mol. The van der Waals surface area contributed by atoms with Gasteiger partial charge in [0, 0.05) is 12.1 Å². The standard InChI is InChI=1S/C23H24ClF2N3O4/c1-4-13-11-16(9-10-17(13)24)33-22(28-3)18(19(27)20(25)26)21(30)29-12(2)14-5-7-15(8-6-14)23(31)32/h5-12,20,27-28H,4H2,1-3H3,(H,29,30)(H,31,32)/b22-18-,27-19?. The van der Waals surface area contributed by atoms with Gasteiger partial charge in [-0.05, 0) is 54.8 Å². The second-order valence-corrected chi connectivity index (χ2v) is 7.41. The molecule has 176 valence electrons. The normalized spacial score (nSPS) is 12.6. The van der Waals surface area contributed by atoms with Crippen LogP contribution in [0.1, 0.15) is 41.4 Å². The molecule has 0 radical (unpaired) electrons. The molecule has 0 aliphatic heterocycles. The van der Waals surface area contributed by atoms with E-state index < -0.39 is 35.6 Å². The van der Waals surface area contributed by atoms with E-state index in [1.54, 1.807) is 19.1 Å². The molecule has 0 saturated heterocycles. The van der Waals surface area contributed by atoms with E-state index in [2.05, 4.69) is 10.6 Å². The van der Waals surface area contributed by atoms with E-state index >= 15 is 0 Å². The van der Waals surface area contributed by atoms with Crippen molar-refractivity contribution >= 4 is 29.2 Å². The van der Waals surface area contributed by atoms with Crippen molar-refractivity contribution in [3.05, 3.63) is 75.6 Å². The molecule has 1 unspecified atom stereocenters. The number of amides is 1. The highest BCUT2D eigenvalue weighted by atomic mass is 35.5. The highest BCUT2D eigenvalue weighted by molar-refractivity contribution is 6.31. The van der Waals surface area contributed by atoms with Crippen LogP contribution in [0.2, 0.25) is 5.02 Å². The van der Waals surface area contributed by atoms with Crippen molar-refractivity contribution < 1.29 is 28.2 Å². The summed E-state index contributed by atoms with van der Waals surface area (Å²) in [6.45, 7) is 3.49. The van der Waals surface area contributed by atoms with Gasteiger partial charge >= 0.3 is 5.97 Å². The van der Waals surface area contributed by atoms with Crippen LogP contribution in [0.3, 0.4) is 0 Å². The Morgan fingerprint density at radius 3 is 2.33 bits per heavy atom. The lowest BCUT2D eigenvalue weighted by Crippen LogP contribution is -2.36. The maximum absolute atomic E-state index is 13.4. The Bertz CT molecular complexity index is 1070. The largest absolute Gasteiger partial charge is 0.478 e. The van der Waals surface area contributed by atoms with Crippen LogP contribution in [-0.4, -0.2) is 36.2 Å². The van der Waals surface area contributed by atoms with Crippen LogP contribution in [0.15, 0.2) is 53.9 Å². The lowest BCUT2D eigenvalue weighted by molar-refractivity contribution is -0.117. The van der Waals surface area contributed by atoms with Crippen LogP contribution in [-0.2, 0) is 11.2 Å². The maximum atomic E-state index is 13.4. The lowest BCUT2D eigenvalue weighted by atomic mass is 10.0. The molecule has 2 aromatic carbocycles. The molecule has 0 spiro atoms. The summed E-state index contributed by atoms with van der Waals surface area (Å²) in [5.41, 5.74) is -0.492. The fourth-order valence-electron chi connectivity index (χ4n) is 2.95. The number of halogens is 3. The Balaban J connectivity index is 2.37. The fourth-order valence-corrected chi connectivity index (χ4v) is 3.20. The topological polar surface area (TPSA) is 112 Å². The number of nitrogens with one attached hydrogen (secondary N) is 3. The summed E-state index contributed by atoms with van der Waals surface area (Å²) in [6, 6.07) is 9.81. The molecule has 0 fully saturated rings. The van der Waals surface area contributed by atoms with Gasteiger partial charge in [-0.25, -0.2) is 13.6 Å². The van der Waals surface area contributed by atoms with Crippen molar-refractivity contribution in [1.82, 2.24) is 10.6 Å². The second kappa shape index (κ2) is 11.4. The Kier molecular flexibility index (Phi) is 8.93. The van der Waals surface area contributed by atoms with Crippen LogP contribution < -0.4 is 15.4 Å². The lowest BCUT2D eigenvalue weighted by Gasteiger charge is -2.19. The van der Waals surface area contributed by atoms with Crippen LogP contribution in [0.5, 0.6) is 5.75 Å². The van der Waals surface area contributed by atoms with Crippen molar-refractivity contribution in [2.45, 2.75) is 32.7 Å². The first-order valence-corrected chi connectivity index (χ1v) is 10.4. The van der Waals surface area contributed by atoms with Gasteiger partial charge < -0.3 is 20.5 Å². The number of carbonyl (C=O) groups is 2. The summed E-state index contributed by atoms with van der Waals surface area (Å²) >= 11 is 6.10. The van der Waals surface area contributed by atoms with Crippen LogP contribution in [0.4, 0.5) is 8.78 Å². The number of ether oxygens (including phenoxy) is 1. The van der Waals surface area contributed by atoms with Crippen molar-refractivity contribution in [3.8, 4) is 5.75 Å². The molecule has 0 aliphatic rings. The molecule has 0 aliphatic carbocycles. The van der Waals surface area contributed by atoms with E-state index in [1.807, 2.05) is 6.92 Å². The Labute approximate surface area is 194 Å². The number of carbonyl (C=O) groups excluding carboxylic acids is 1. The molecule has 4 N–H and O–H groups in total. The number of carboxylic acids is 1. The number of aryl methyl sites for hydroxylation is 1. The van der Waals surface area contributed by atoms with Gasteiger partial charge in [0.2, 0.25) is 5.88 Å². The zero-order valence-corrected chi connectivity index (χ0v) is 19.0. The van der Waals surface area contributed by atoms with E-state index in [1.165, 1.54) is 37.4 Å². The average Bonchev–Trinajstić information content (AvgIpc) is 2.79. The Morgan fingerprint density at radius 2 is 1.82 bits per heavy atom. The smallest absolute Gasteiger partial charge is 0.335 e. The van der Waals surface area contributed by atoms with Crippen molar-refractivity contribution in [2.75, 3.05) is 7.05 Å². The van der Waals surface area contributed by atoms with Gasteiger partial charge in [0.25, 0.3) is 12.3 Å². The number of carboxylic acid groups (broad SMARTS) is 1. The summed E-state index contributed by atoms with van der Waals surface area (Å²) in [6.07, 6.45) is -2.62. The number of aromatic carboxylic acids is 1. The Hall–Kier alpha value is -3.46. The molecule has 0 bridgehead atoms. The van der Waals surface area contributed by atoms with Gasteiger partial charge in [0.05, 0.1) is 11.6 Å². The van der Waals surface area contributed by atoms with Gasteiger partial charge in [-0.2, -0.15) is 0 Å². The Morgan fingerprint density at radius 1 is 1.18 bits per heavy atom. The quantitative estimate of drug-likeness (QED) is 0.226. The van der Waals surface area contributed by atoms with Crippen LogP contribution >= 0.6 is 11.6 Å². The van der Waals surface area contributed by atoms with Crippen molar-refractivity contribution in [1.29, 1.82) is 5.41 Å². The number of benzene rings is 2. The monoisotopic (exact) mass is 479 g/mol. The van der Waals surface area contributed by atoms with Gasteiger partial charge in [0.15, 0.2) is 0 Å². The van der Waals surface area contributed by atoms with Crippen LogP contribution in [0, 0.1) is 5.41 Å². The zero-order valence-electron chi connectivity index (χ0n) is 18.2. The third-order valence-electron chi connectivity index (χ3n) is 4.79. The van der Waals surface area contributed by atoms with Crippen LogP contribution in [0.25, 0.3) is 0 Å². The summed E-state index contributed by atoms with van der Waals surface area (Å²) < 4.78 is 32.5. The van der Waals surface area contributed by atoms with Gasteiger partial charge in [-0.3, -0.25) is 10.2 Å². The molecular formula is C23H24ClF2N3O4. The van der Waals surface area contributed by atoms with Gasteiger partial charge in [0.1, 0.15) is 17.0 Å². The van der Waals surface area contributed by atoms with Crippen molar-refractivity contribution in [2.24, 2.45) is 0 Å². The molecule has 2 rings (SSSR count). The number of alkyl halides is 2. The first-order chi connectivity index (χ1) is 15.6. The third-order valence-corrected chi connectivity index (χ3v) is 5.16. The molecule has 0 heterocycles. The average molecular weight is 480 g/mol. The molecule has 33 heavy (non-hydrogen) atoms. The van der Waals surface area contributed by atoms with E-state index in [4.69, 9.17) is 26.9 Å². The highest BCUT2D eigenvalue weighted by Gasteiger charge is 2.29. The zero-order chi connectivity index (χ0) is 24.7. The summed E-state index contributed by atoms with van der Waals surface area (Å²) in [7, 11) is 1.38. The molecule has 10 heteroatoms. The first-order valence-electron chi connectivity index (χ1n) is 9.98. The number of rotatable bonds is 10. The molecule has 1 amide bonds. The first kappa shape index (κ1) is 25.8. The second-order valence-electron chi connectivity index (χ2n) is 7.00. The molecule has 7 nitrogen and oxygen atoms in total. The molecule has 1 atom stereocenters. The minimum atomic E-state index is -3.22. The minimum absolute atomic E-state index is 0.0672. The summed E-state index contributed by atoms with van der Waals surface area (Å²) in [5, 5.41) is 22.4. The van der Waals surface area contributed by atoms with E-state index in [0.717, 1.165) is 5.56 Å². The predicted octanol–water partition coefficient (Wildman–Crippen LogP) is 4.57. The van der Waals surface area contributed by atoms with Crippen molar-refractivity contribution in [3.63, 3.8) is 0 Å². The van der Waals surface area contributed by atoms with Gasteiger partial charge in [-0.1, -0.05) is 30.7 Å². The number of hydrogen-bond acceptors (Lipinski definition) is 5. The van der Waals surface area contributed by atoms with Gasteiger partial charge in [-0.15, -0.1) is 0 Å². The fraction of sp³-hybridized carbons (Fsp3) is 0.261.